The second kappa shape index (κ2) is 11.5. The maximum Gasteiger partial charge on any atom is 0.412 e. The zero-order valence-electron chi connectivity index (χ0n) is 21.0. The van der Waals surface area contributed by atoms with Crippen molar-refractivity contribution in [3.05, 3.63) is 58.6 Å². The van der Waals surface area contributed by atoms with Crippen molar-refractivity contribution >= 4 is 58.7 Å². The minimum atomic E-state index is -1.12. The minimum Gasteiger partial charge on any atom is -0.465 e. The summed E-state index contributed by atoms with van der Waals surface area (Å²) >= 11 is 7.81. The van der Waals surface area contributed by atoms with Gasteiger partial charge in [-0.15, -0.1) is 0 Å². The van der Waals surface area contributed by atoms with Gasteiger partial charge in [0, 0.05) is 35.4 Å². The molecule has 1 fully saturated rings. The highest BCUT2D eigenvalue weighted by atomic mass is 35.5. The summed E-state index contributed by atoms with van der Waals surface area (Å²) in [7, 11) is 1.41. The topological polar surface area (TPSA) is 128 Å². The number of amides is 4. The van der Waals surface area contributed by atoms with Crippen molar-refractivity contribution in [2.24, 2.45) is 0 Å². The molecule has 0 unspecified atom stereocenters. The lowest BCUT2D eigenvalue weighted by molar-refractivity contribution is -0.141. The Balaban J connectivity index is 1.53. The number of nitrogens with one attached hydrogen (secondary N) is 2. The number of thioether (sulfide) groups is 1. The van der Waals surface area contributed by atoms with Crippen molar-refractivity contribution in [2.75, 3.05) is 42.4 Å². The predicted octanol–water partition coefficient (Wildman–Crippen LogP) is 4.39. The van der Waals surface area contributed by atoms with Gasteiger partial charge in [0.15, 0.2) is 5.60 Å². The van der Waals surface area contributed by atoms with Crippen LogP contribution in [0.5, 0.6) is 0 Å². The van der Waals surface area contributed by atoms with Crippen LogP contribution in [-0.4, -0.2) is 72.2 Å². The molecule has 38 heavy (non-hydrogen) atoms. The van der Waals surface area contributed by atoms with E-state index in [1.165, 1.54) is 31.3 Å². The average Bonchev–Trinajstić information content (AvgIpc) is 2.90. The molecule has 202 valence electrons. The molecule has 1 saturated heterocycles. The van der Waals surface area contributed by atoms with Crippen LogP contribution in [0.2, 0.25) is 5.02 Å². The highest BCUT2D eigenvalue weighted by molar-refractivity contribution is 7.98. The highest BCUT2D eigenvalue weighted by Gasteiger charge is 2.47. The number of anilines is 2. The van der Waals surface area contributed by atoms with Crippen molar-refractivity contribution in [1.29, 1.82) is 0 Å². The molecule has 2 aromatic rings. The lowest BCUT2D eigenvalue weighted by Crippen LogP contribution is -2.57. The molecule has 0 aliphatic carbocycles. The summed E-state index contributed by atoms with van der Waals surface area (Å²) in [6, 6.07) is 10.5. The minimum absolute atomic E-state index is 0.147. The quantitative estimate of drug-likeness (QED) is 0.458. The van der Waals surface area contributed by atoms with E-state index in [0.29, 0.717) is 53.5 Å². The predicted molar refractivity (Wildman–Crippen MR) is 146 cm³/mol. The molecule has 12 heteroatoms. The summed E-state index contributed by atoms with van der Waals surface area (Å²) in [4.78, 5) is 53.0. The Labute approximate surface area is 229 Å². The van der Waals surface area contributed by atoms with Gasteiger partial charge in [0.05, 0.1) is 12.2 Å². The number of rotatable bonds is 7. The van der Waals surface area contributed by atoms with E-state index in [9.17, 15) is 19.2 Å². The number of halogens is 1. The van der Waals surface area contributed by atoms with E-state index < -0.39 is 29.7 Å². The van der Waals surface area contributed by atoms with E-state index in [0.717, 1.165) is 10.5 Å². The number of piperidine rings is 1. The second-order valence-electron chi connectivity index (χ2n) is 9.26. The largest absolute Gasteiger partial charge is 0.465 e. The fourth-order valence-electron chi connectivity index (χ4n) is 4.79. The smallest absolute Gasteiger partial charge is 0.412 e. The lowest BCUT2D eigenvalue weighted by atomic mass is 9.83. The fourth-order valence-corrected chi connectivity index (χ4v) is 5.43. The molecule has 0 saturated carbocycles. The van der Waals surface area contributed by atoms with Crippen molar-refractivity contribution < 1.29 is 29.0 Å². The maximum absolute atomic E-state index is 13.7. The number of hydrogen-bond acceptors (Lipinski definition) is 6. The number of carboxylic acid groups (broad SMARTS) is 1. The van der Waals surface area contributed by atoms with Gasteiger partial charge in [0.25, 0.3) is 5.91 Å². The first kappa shape index (κ1) is 27.6. The molecule has 4 amide bonds. The van der Waals surface area contributed by atoms with Gasteiger partial charge < -0.3 is 20.1 Å². The summed E-state index contributed by atoms with van der Waals surface area (Å²) in [5.41, 5.74) is 1.01. The van der Waals surface area contributed by atoms with Gasteiger partial charge in [-0.2, -0.15) is 11.8 Å². The Hall–Kier alpha value is -3.44. The molecule has 0 aromatic heterocycles. The van der Waals surface area contributed by atoms with Gasteiger partial charge in [0.2, 0.25) is 5.91 Å². The van der Waals surface area contributed by atoms with Gasteiger partial charge in [-0.3, -0.25) is 19.8 Å². The first-order chi connectivity index (χ1) is 18.1. The molecule has 1 spiro atoms. The standard InChI is InChI=1S/C26H29ClN4O6S/c1-30(25(35)36)18-7-4-16(5-8-18)22(32)28-21(10-13-38-2)23(33)31-12-3-11-26(15-31)19-14-17(27)6-9-20(19)29-24(34)37-26/h4-9,14,21H,3,10-13,15H2,1-2H3,(H,28,32)(H,29,34)(H,35,36)/t21-,26-/m0/s1. The van der Waals surface area contributed by atoms with Crippen molar-refractivity contribution in [3.8, 4) is 0 Å². The first-order valence-electron chi connectivity index (χ1n) is 12.1. The molecule has 2 aliphatic rings. The number of carbonyl (C=O) groups excluding carboxylic acids is 3. The van der Waals surface area contributed by atoms with E-state index in [2.05, 4.69) is 10.6 Å². The number of benzene rings is 2. The molecular formula is C26H29ClN4O6S. The Bertz CT molecular complexity index is 1240. The third-order valence-corrected chi connectivity index (χ3v) is 7.66. The Morgan fingerprint density at radius 1 is 1.26 bits per heavy atom. The van der Waals surface area contributed by atoms with Crippen LogP contribution in [-0.2, 0) is 15.1 Å². The van der Waals surface area contributed by atoms with Gasteiger partial charge >= 0.3 is 12.2 Å². The summed E-state index contributed by atoms with van der Waals surface area (Å²) in [6.07, 6.45) is 1.78. The second-order valence-corrected chi connectivity index (χ2v) is 10.7. The molecule has 2 atom stereocenters. The highest BCUT2D eigenvalue weighted by Crippen LogP contribution is 2.43. The lowest BCUT2D eigenvalue weighted by Gasteiger charge is -2.45. The molecule has 0 bridgehead atoms. The third-order valence-electron chi connectivity index (χ3n) is 6.78. The van der Waals surface area contributed by atoms with Crippen LogP contribution >= 0.6 is 23.4 Å². The average molecular weight is 561 g/mol. The Morgan fingerprint density at radius 2 is 2.00 bits per heavy atom. The van der Waals surface area contributed by atoms with E-state index in [1.807, 2.05) is 6.26 Å². The summed E-state index contributed by atoms with van der Waals surface area (Å²) < 4.78 is 5.80. The molecule has 2 heterocycles. The van der Waals surface area contributed by atoms with Gasteiger partial charge in [-0.1, -0.05) is 11.6 Å². The number of fused-ring (bicyclic) bond motifs is 2. The van der Waals surface area contributed by atoms with E-state index in [-0.39, 0.29) is 12.5 Å². The molecular weight excluding hydrogens is 532 g/mol. The van der Waals surface area contributed by atoms with Crippen molar-refractivity contribution in [2.45, 2.75) is 30.9 Å². The van der Waals surface area contributed by atoms with Crippen LogP contribution in [0.4, 0.5) is 21.0 Å². The molecule has 0 radical (unpaired) electrons. The van der Waals surface area contributed by atoms with Gasteiger partial charge in [0.1, 0.15) is 6.04 Å². The van der Waals surface area contributed by atoms with E-state index >= 15 is 0 Å². The van der Waals surface area contributed by atoms with Crippen LogP contribution in [0, 0.1) is 0 Å². The van der Waals surface area contributed by atoms with Crippen LogP contribution in [0.3, 0.4) is 0 Å². The van der Waals surface area contributed by atoms with Crippen molar-refractivity contribution in [3.63, 3.8) is 0 Å². The van der Waals surface area contributed by atoms with Crippen molar-refractivity contribution in [1.82, 2.24) is 10.2 Å². The number of hydrogen-bond donors (Lipinski definition) is 3. The monoisotopic (exact) mass is 560 g/mol. The number of likely N-dealkylation sites (tertiary alicyclic amines) is 1. The van der Waals surface area contributed by atoms with Crippen LogP contribution < -0.4 is 15.5 Å². The first-order valence-corrected chi connectivity index (χ1v) is 13.9. The Kier molecular flexibility index (Phi) is 8.37. The summed E-state index contributed by atoms with van der Waals surface area (Å²) in [5, 5.41) is 15.2. The molecule has 2 aliphatic heterocycles. The number of carbonyl (C=O) groups is 4. The van der Waals surface area contributed by atoms with E-state index in [4.69, 9.17) is 21.4 Å². The zero-order valence-corrected chi connectivity index (χ0v) is 22.6. The normalized spacial score (nSPS) is 19.1. The summed E-state index contributed by atoms with van der Waals surface area (Å²) in [6.45, 7) is 0.609. The number of nitrogens with zero attached hydrogens (tertiary/aromatic N) is 2. The fraction of sp³-hybridized carbons (Fsp3) is 0.385. The van der Waals surface area contributed by atoms with Crippen LogP contribution in [0.1, 0.15) is 35.2 Å². The van der Waals surface area contributed by atoms with Gasteiger partial charge in [-0.05, 0) is 73.7 Å². The van der Waals surface area contributed by atoms with E-state index in [1.54, 1.807) is 34.9 Å². The zero-order chi connectivity index (χ0) is 27.4. The van der Waals surface area contributed by atoms with Crippen LogP contribution in [0.25, 0.3) is 0 Å². The van der Waals surface area contributed by atoms with Gasteiger partial charge in [-0.25, -0.2) is 9.59 Å². The third kappa shape index (κ3) is 5.83. The van der Waals surface area contributed by atoms with Crippen LogP contribution in [0.15, 0.2) is 42.5 Å². The molecule has 10 nitrogen and oxygen atoms in total. The molecule has 2 aromatic carbocycles. The number of ether oxygens (including phenoxy) is 1. The maximum atomic E-state index is 13.7. The Morgan fingerprint density at radius 3 is 2.68 bits per heavy atom. The summed E-state index contributed by atoms with van der Waals surface area (Å²) in [5.74, 6) is -0.0481. The SMILES string of the molecule is CSCC[C@H](NC(=O)c1ccc(N(C)C(=O)O)cc1)C(=O)N1CCC[C@@]2(C1)OC(=O)Nc1ccc(Cl)cc12. The molecule has 3 N–H and O–H groups in total. The molecule has 4 rings (SSSR count).